The second kappa shape index (κ2) is 6.02. The number of hydrogen-bond donors (Lipinski definition) is 2. The van der Waals surface area contributed by atoms with Crippen molar-refractivity contribution in [3.8, 4) is 5.75 Å². The Morgan fingerprint density at radius 1 is 1.44 bits per heavy atom. The molecule has 0 bridgehead atoms. The second-order valence-corrected chi connectivity index (χ2v) is 4.47. The Morgan fingerprint density at radius 2 is 2.11 bits per heavy atom. The van der Waals surface area contributed by atoms with E-state index in [0.717, 1.165) is 5.69 Å². The van der Waals surface area contributed by atoms with Crippen LogP contribution < -0.4 is 15.8 Å². The van der Waals surface area contributed by atoms with Crippen LogP contribution in [-0.2, 0) is 4.74 Å². The van der Waals surface area contributed by atoms with Crippen LogP contribution in [0.25, 0.3) is 0 Å². The molecule has 0 spiro atoms. The summed E-state index contributed by atoms with van der Waals surface area (Å²) in [6.45, 7) is 4.28. The van der Waals surface area contributed by atoms with Gasteiger partial charge in [-0.3, -0.25) is 0 Å². The minimum atomic E-state index is -0.433. The molecule has 2 unspecified atom stereocenters. The van der Waals surface area contributed by atoms with Gasteiger partial charge in [-0.05, 0) is 26.0 Å². The summed E-state index contributed by atoms with van der Waals surface area (Å²) in [7, 11) is 3.06. The summed E-state index contributed by atoms with van der Waals surface area (Å²) in [5.41, 5.74) is 6.09. The largest absolute Gasteiger partial charge is 0.494 e. The van der Waals surface area contributed by atoms with E-state index in [2.05, 4.69) is 5.32 Å². The first kappa shape index (κ1) is 14.7. The molecule has 0 aromatic heterocycles. The van der Waals surface area contributed by atoms with Crippen LogP contribution in [0, 0.1) is 5.82 Å². The summed E-state index contributed by atoms with van der Waals surface area (Å²) in [4.78, 5) is 0. The highest BCUT2D eigenvalue weighted by molar-refractivity contribution is 5.51. The molecule has 0 aliphatic rings. The third-order valence-corrected chi connectivity index (χ3v) is 3.26. The maximum atomic E-state index is 13.3. The third-order valence-electron chi connectivity index (χ3n) is 3.26. The molecule has 18 heavy (non-hydrogen) atoms. The quantitative estimate of drug-likeness (QED) is 0.817. The van der Waals surface area contributed by atoms with Crippen LogP contribution in [0.3, 0.4) is 0 Å². The van der Waals surface area contributed by atoms with E-state index in [1.807, 2.05) is 13.8 Å². The second-order valence-electron chi connectivity index (χ2n) is 4.47. The molecule has 4 nitrogen and oxygen atoms in total. The van der Waals surface area contributed by atoms with Crippen LogP contribution in [0.1, 0.15) is 13.8 Å². The monoisotopic (exact) mass is 256 g/mol. The molecule has 0 amide bonds. The Bertz CT molecular complexity index is 401. The van der Waals surface area contributed by atoms with Crippen molar-refractivity contribution in [3.05, 3.63) is 24.0 Å². The maximum Gasteiger partial charge on any atom is 0.165 e. The topological polar surface area (TPSA) is 56.5 Å². The van der Waals surface area contributed by atoms with E-state index in [1.54, 1.807) is 19.2 Å². The van der Waals surface area contributed by atoms with Crippen molar-refractivity contribution in [2.75, 3.05) is 26.1 Å². The molecule has 3 N–H and O–H groups in total. The molecule has 1 rings (SSSR count). The number of rotatable bonds is 6. The molecular weight excluding hydrogens is 235 g/mol. The molecule has 0 radical (unpaired) electrons. The Hall–Kier alpha value is -1.33. The van der Waals surface area contributed by atoms with Crippen LogP contribution in [0.4, 0.5) is 10.1 Å². The van der Waals surface area contributed by atoms with Gasteiger partial charge in [-0.25, -0.2) is 4.39 Å². The lowest BCUT2D eigenvalue weighted by atomic mass is 9.95. The zero-order valence-corrected chi connectivity index (χ0v) is 11.3. The Labute approximate surface area is 107 Å². The number of benzene rings is 1. The Morgan fingerprint density at radius 3 is 2.61 bits per heavy atom. The van der Waals surface area contributed by atoms with Gasteiger partial charge in [0, 0.05) is 25.4 Å². The van der Waals surface area contributed by atoms with Gasteiger partial charge in [0.2, 0.25) is 0 Å². The van der Waals surface area contributed by atoms with Crippen molar-refractivity contribution >= 4 is 5.69 Å². The number of methoxy groups -OCH3 is 2. The highest BCUT2D eigenvalue weighted by Crippen LogP contribution is 2.25. The molecule has 102 valence electrons. The van der Waals surface area contributed by atoms with Crippen molar-refractivity contribution in [2.45, 2.75) is 25.5 Å². The number of anilines is 1. The molecule has 0 saturated carbocycles. The molecule has 2 atom stereocenters. The van der Waals surface area contributed by atoms with E-state index in [4.69, 9.17) is 15.2 Å². The van der Waals surface area contributed by atoms with Crippen LogP contribution in [0.15, 0.2) is 18.2 Å². The van der Waals surface area contributed by atoms with Crippen molar-refractivity contribution in [2.24, 2.45) is 5.73 Å². The van der Waals surface area contributed by atoms with E-state index >= 15 is 0 Å². The van der Waals surface area contributed by atoms with Gasteiger partial charge in [-0.2, -0.15) is 0 Å². The fraction of sp³-hybridized carbons (Fsp3) is 0.538. The van der Waals surface area contributed by atoms with E-state index in [-0.39, 0.29) is 11.9 Å². The molecule has 0 aliphatic carbocycles. The first-order valence-corrected chi connectivity index (χ1v) is 5.81. The lowest BCUT2D eigenvalue weighted by molar-refractivity contribution is 0.0688. The number of nitrogens with one attached hydrogen (secondary N) is 1. The van der Waals surface area contributed by atoms with Crippen molar-refractivity contribution < 1.29 is 13.9 Å². The van der Waals surface area contributed by atoms with Gasteiger partial charge in [-0.1, -0.05) is 0 Å². The number of halogens is 1. The summed E-state index contributed by atoms with van der Waals surface area (Å²) >= 11 is 0. The minimum absolute atomic E-state index is 0.0847. The van der Waals surface area contributed by atoms with Gasteiger partial charge in [0.25, 0.3) is 0 Å². The number of ether oxygens (including phenoxy) is 2. The number of hydrogen-bond acceptors (Lipinski definition) is 4. The molecule has 1 aromatic rings. The standard InChI is InChI=1S/C13H21FN2O2/c1-9(17-3)13(2,8-15)16-10-5-6-11(14)12(7-10)18-4/h5-7,9,16H,8,15H2,1-4H3. The predicted octanol–water partition coefficient (Wildman–Crippen LogP) is 2.00. The number of nitrogens with two attached hydrogens (primary N) is 1. The SMILES string of the molecule is COc1cc(NC(C)(CN)C(C)OC)ccc1F. The van der Waals surface area contributed by atoms with Crippen LogP contribution in [0.2, 0.25) is 0 Å². The van der Waals surface area contributed by atoms with Crippen LogP contribution >= 0.6 is 0 Å². The summed E-state index contributed by atoms with van der Waals surface area (Å²) in [6, 6.07) is 4.61. The first-order chi connectivity index (χ1) is 8.46. The summed E-state index contributed by atoms with van der Waals surface area (Å²) < 4.78 is 23.6. The fourth-order valence-electron chi connectivity index (χ4n) is 1.65. The average molecular weight is 256 g/mol. The van der Waals surface area contributed by atoms with Crippen molar-refractivity contribution in [1.29, 1.82) is 0 Å². The predicted molar refractivity (Wildman–Crippen MR) is 70.5 cm³/mol. The smallest absolute Gasteiger partial charge is 0.165 e. The van der Waals surface area contributed by atoms with E-state index < -0.39 is 11.4 Å². The highest BCUT2D eigenvalue weighted by Gasteiger charge is 2.29. The molecule has 0 fully saturated rings. The third kappa shape index (κ3) is 3.11. The Kier molecular flexibility index (Phi) is 4.93. The summed E-state index contributed by atoms with van der Waals surface area (Å²) in [5.74, 6) is -0.193. The molecule has 0 saturated heterocycles. The fourth-order valence-corrected chi connectivity index (χ4v) is 1.65. The zero-order valence-electron chi connectivity index (χ0n) is 11.3. The van der Waals surface area contributed by atoms with E-state index in [1.165, 1.54) is 13.2 Å². The van der Waals surface area contributed by atoms with E-state index in [9.17, 15) is 4.39 Å². The van der Waals surface area contributed by atoms with Gasteiger partial charge in [0.1, 0.15) is 0 Å². The minimum Gasteiger partial charge on any atom is -0.494 e. The van der Waals surface area contributed by atoms with Gasteiger partial charge in [0.15, 0.2) is 11.6 Å². The van der Waals surface area contributed by atoms with Gasteiger partial charge in [0.05, 0.1) is 18.8 Å². The highest BCUT2D eigenvalue weighted by atomic mass is 19.1. The lowest BCUT2D eigenvalue weighted by Crippen LogP contribution is -2.51. The average Bonchev–Trinajstić information content (AvgIpc) is 2.39. The Balaban J connectivity index is 2.95. The van der Waals surface area contributed by atoms with Crippen molar-refractivity contribution in [1.82, 2.24) is 0 Å². The molecule has 0 aliphatic heterocycles. The molecule has 0 heterocycles. The normalized spacial score (nSPS) is 15.9. The maximum absolute atomic E-state index is 13.3. The zero-order chi connectivity index (χ0) is 13.8. The summed E-state index contributed by atoms with van der Waals surface area (Å²) in [6.07, 6.45) is -0.0847. The lowest BCUT2D eigenvalue weighted by Gasteiger charge is -2.35. The van der Waals surface area contributed by atoms with Gasteiger partial charge >= 0.3 is 0 Å². The molecule has 5 heteroatoms. The van der Waals surface area contributed by atoms with Gasteiger partial charge < -0.3 is 20.5 Å². The van der Waals surface area contributed by atoms with Crippen LogP contribution in [0.5, 0.6) is 5.75 Å². The van der Waals surface area contributed by atoms with Gasteiger partial charge in [-0.15, -0.1) is 0 Å². The first-order valence-electron chi connectivity index (χ1n) is 5.81. The molecule has 1 aromatic carbocycles. The van der Waals surface area contributed by atoms with Crippen LogP contribution in [-0.4, -0.2) is 32.4 Å². The summed E-state index contributed by atoms with van der Waals surface area (Å²) in [5, 5.41) is 3.26. The molecular formula is C13H21FN2O2. The van der Waals surface area contributed by atoms with Crippen molar-refractivity contribution in [3.63, 3.8) is 0 Å². The van der Waals surface area contributed by atoms with E-state index in [0.29, 0.717) is 6.54 Å².